The maximum Gasteiger partial charge on any atom is 0.337 e. The largest absolute Gasteiger partial charge is 0.468 e. The van der Waals surface area contributed by atoms with Gasteiger partial charge >= 0.3 is 11.9 Å². The third-order valence-electron chi connectivity index (χ3n) is 7.23. The van der Waals surface area contributed by atoms with Crippen LogP contribution < -0.4 is 5.32 Å². The molecule has 0 bridgehead atoms. The van der Waals surface area contributed by atoms with E-state index >= 15 is 0 Å². The van der Waals surface area contributed by atoms with E-state index in [1.165, 1.54) is 19.2 Å². The topological polar surface area (TPSA) is 125 Å². The zero-order chi connectivity index (χ0) is 25.3. The number of esters is 2. The summed E-state index contributed by atoms with van der Waals surface area (Å²) in [6.07, 6.45) is 4.67. The number of nitro benzene ring substituents is 1. The number of ether oxygens (including phenoxy) is 2. The molecule has 3 unspecified atom stereocenters. The summed E-state index contributed by atoms with van der Waals surface area (Å²) in [6.45, 7) is 3.50. The lowest BCUT2D eigenvalue weighted by atomic mass is 9.69. The Labute approximate surface area is 203 Å². The fraction of sp³-hybridized carbons (Fsp3) is 0.500. The maximum absolute atomic E-state index is 13.8. The van der Waals surface area contributed by atoms with Gasteiger partial charge in [-0.1, -0.05) is 31.5 Å². The Kier molecular flexibility index (Phi) is 7.05. The number of para-hydroxylation sites is 1. The minimum atomic E-state index is -1.06. The molecule has 2 aliphatic carbocycles. The molecule has 1 aromatic carbocycles. The van der Waals surface area contributed by atoms with Gasteiger partial charge in [0.15, 0.2) is 5.78 Å². The van der Waals surface area contributed by atoms with Gasteiger partial charge in [0.2, 0.25) is 0 Å². The first-order valence-electron chi connectivity index (χ1n) is 12.0. The monoisotopic (exact) mass is 482 g/mol. The fourth-order valence-electron chi connectivity index (χ4n) is 5.56. The van der Waals surface area contributed by atoms with Gasteiger partial charge in [0.05, 0.1) is 23.5 Å². The van der Waals surface area contributed by atoms with E-state index < -0.39 is 34.5 Å². The molecule has 35 heavy (non-hydrogen) atoms. The van der Waals surface area contributed by atoms with Crippen LogP contribution in [0.1, 0.15) is 63.9 Å². The summed E-state index contributed by atoms with van der Waals surface area (Å²) in [6, 6.07) is 6.08. The molecule has 0 aromatic heterocycles. The van der Waals surface area contributed by atoms with Crippen LogP contribution in [0.15, 0.2) is 46.8 Å². The van der Waals surface area contributed by atoms with E-state index in [1.54, 1.807) is 26.0 Å². The number of nitrogens with one attached hydrogen (secondary N) is 1. The number of allylic oxidation sites excluding steroid dienone is 3. The fourth-order valence-corrected chi connectivity index (χ4v) is 5.56. The van der Waals surface area contributed by atoms with Crippen LogP contribution in [0.2, 0.25) is 0 Å². The molecule has 1 N–H and O–H groups in total. The van der Waals surface area contributed by atoms with E-state index in [9.17, 15) is 24.5 Å². The Morgan fingerprint density at radius 2 is 1.83 bits per heavy atom. The van der Waals surface area contributed by atoms with Crippen LogP contribution in [0.5, 0.6) is 0 Å². The number of carbonyl (C=O) groups is 3. The normalized spacial score (nSPS) is 25.0. The molecular formula is C26H30N2O7. The first-order chi connectivity index (χ1) is 16.7. The summed E-state index contributed by atoms with van der Waals surface area (Å²) in [5.41, 5.74) is 1.42. The molecule has 3 aliphatic rings. The van der Waals surface area contributed by atoms with Crippen LogP contribution in [0.25, 0.3) is 0 Å². The van der Waals surface area contributed by atoms with Crippen LogP contribution >= 0.6 is 0 Å². The average Bonchev–Trinajstić information content (AvgIpc) is 2.83. The van der Waals surface area contributed by atoms with Crippen molar-refractivity contribution in [2.45, 2.75) is 64.4 Å². The number of hydrogen-bond acceptors (Lipinski definition) is 8. The number of hydrogen-bond donors (Lipinski definition) is 1. The summed E-state index contributed by atoms with van der Waals surface area (Å²) < 4.78 is 10.7. The van der Waals surface area contributed by atoms with Gasteiger partial charge in [-0.25, -0.2) is 4.79 Å². The summed E-state index contributed by atoms with van der Waals surface area (Å²) in [5.74, 6) is -4.17. The van der Waals surface area contributed by atoms with Crippen molar-refractivity contribution < 1.29 is 28.8 Å². The lowest BCUT2D eigenvalue weighted by Crippen LogP contribution is -2.43. The summed E-state index contributed by atoms with van der Waals surface area (Å²) >= 11 is 0. The third kappa shape index (κ3) is 4.59. The van der Waals surface area contributed by atoms with Crippen LogP contribution in [0.4, 0.5) is 5.69 Å². The van der Waals surface area contributed by atoms with E-state index in [0.29, 0.717) is 17.8 Å². The Morgan fingerprint density at radius 3 is 2.49 bits per heavy atom. The number of ketones is 1. The van der Waals surface area contributed by atoms with Crippen molar-refractivity contribution in [1.29, 1.82) is 0 Å². The van der Waals surface area contributed by atoms with Gasteiger partial charge < -0.3 is 14.8 Å². The molecule has 1 aliphatic heterocycles. The second-order valence-electron chi connectivity index (χ2n) is 9.52. The second kappa shape index (κ2) is 10.0. The van der Waals surface area contributed by atoms with E-state index in [2.05, 4.69) is 5.32 Å². The maximum atomic E-state index is 13.8. The van der Waals surface area contributed by atoms with Gasteiger partial charge in [-0.3, -0.25) is 19.7 Å². The minimum Gasteiger partial charge on any atom is -0.468 e. The molecule has 0 radical (unpaired) electrons. The van der Waals surface area contributed by atoms with Gasteiger partial charge in [0.1, 0.15) is 12.0 Å². The predicted octanol–water partition coefficient (Wildman–Crippen LogP) is 4.08. The average molecular weight is 483 g/mol. The zero-order valence-electron chi connectivity index (χ0n) is 20.2. The molecule has 4 rings (SSSR count). The van der Waals surface area contributed by atoms with E-state index in [1.807, 2.05) is 0 Å². The van der Waals surface area contributed by atoms with Crippen LogP contribution in [-0.4, -0.2) is 35.9 Å². The standard InChI is InChI=1S/C26H30N2O7/c1-14-13-18-23(24(29)20(14)25(30)34-3)22(17-11-7-8-12-19(17)28(32)33)21(15(2)27-18)26(31)35-16-9-5-4-6-10-16/h7-8,11-12,14,16,20,22,27H,4-6,9-10,13H2,1-3H3. The Bertz CT molecular complexity index is 1130. The molecule has 1 heterocycles. The summed E-state index contributed by atoms with van der Waals surface area (Å²) in [4.78, 5) is 51.2. The van der Waals surface area contributed by atoms with Crippen molar-refractivity contribution in [2.24, 2.45) is 11.8 Å². The number of rotatable bonds is 5. The van der Waals surface area contributed by atoms with Crippen molar-refractivity contribution in [1.82, 2.24) is 5.32 Å². The molecule has 1 aromatic rings. The minimum absolute atomic E-state index is 0.162. The number of nitrogens with zero attached hydrogens (tertiary/aromatic N) is 1. The zero-order valence-corrected chi connectivity index (χ0v) is 20.2. The number of nitro groups is 1. The highest BCUT2D eigenvalue weighted by molar-refractivity contribution is 6.12. The number of carbonyl (C=O) groups excluding carboxylic acids is 3. The van der Waals surface area contributed by atoms with Gasteiger partial charge in [0, 0.05) is 28.6 Å². The summed E-state index contributed by atoms with van der Waals surface area (Å²) in [7, 11) is 1.22. The van der Waals surface area contributed by atoms with Crippen molar-refractivity contribution in [3.05, 3.63) is 62.5 Å². The number of benzene rings is 1. The Balaban J connectivity index is 1.85. The lowest BCUT2D eigenvalue weighted by Gasteiger charge is -2.38. The quantitative estimate of drug-likeness (QED) is 0.288. The highest BCUT2D eigenvalue weighted by Crippen LogP contribution is 2.47. The van der Waals surface area contributed by atoms with Gasteiger partial charge in [-0.05, 0) is 44.9 Å². The first kappa shape index (κ1) is 24.6. The number of Topliss-reactive ketones (excluding diaryl/α,β-unsaturated/α-hetero) is 1. The van der Waals surface area contributed by atoms with Crippen molar-refractivity contribution in [3.63, 3.8) is 0 Å². The van der Waals surface area contributed by atoms with Gasteiger partial charge in [0.25, 0.3) is 5.69 Å². The Morgan fingerprint density at radius 1 is 1.14 bits per heavy atom. The van der Waals surface area contributed by atoms with Crippen molar-refractivity contribution >= 4 is 23.4 Å². The summed E-state index contributed by atoms with van der Waals surface area (Å²) in [5, 5.41) is 15.1. The van der Waals surface area contributed by atoms with Crippen molar-refractivity contribution in [2.75, 3.05) is 7.11 Å². The molecule has 9 heteroatoms. The van der Waals surface area contributed by atoms with Crippen LogP contribution in [-0.2, 0) is 23.9 Å². The van der Waals surface area contributed by atoms with E-state index in [-0.39, 0.29) is 34.4 Å². The number of dihydropyridines is 1. The van der Waals surface area contributed by atoms with Gasteiger partial charge in [-0.2, -0.15) is 0 Å². The highest BCUT2D eigenvalue weighted by atomic mass is 16.6. The molecule has 1 fully saturated rings. The molecule has 0 spiro atoms. The molecule has 1 saturated carbocycles. The molecule has 9 nitrogen and oxygen atoms in total. The lowest BCUT2D eigenvalue weighted by molar-refractivity contribution is -0.385. The second-order valence-corrected chi connectivity index (χ2v) is 9.52. The van der Waals surface area contributed by atoms with Crippen LogP contribution in [0.3, 0.4) is 0 Å². The van der Waals surface area contributed by atoms with Gasteiger partial charge in [-0.15, -0.1) is 0 Å². The molecule has 0 amide bonds. The highest BCUT2D eigenvalue weighted by Gasteiger charge is 2.48. The number of methoxy groups -OCH3 is 1. The molecule has 3 atom stereocenters. The first-order valence-corrected chi connectivity index (χ1v) is 12.0. The SMILES string of the molecule is COC(=O)C1C(=O)C2=C(CC1C)NC(C)=C(C(=O)OC1CCCCC1)C2c1ccccc1[N+](=O)[O-]. The Hall–Kier alpha value is -3.49. The smallest absolute Gasteiger partial charge is 0.337 e. The van der Waals surface area contributed by atoms with Crippen LogP contribution in [0, 0.1) is 22.0 Å². The molecule has 186 valence electrons. The predicted molar refractivity (Wildman–Crippen MR) is 126 cm³/mol. The van der Waals surface area contributed by atoms with E-state index in [4.69, 9.17) is 9.47 Å². The van der Waals surface area contributed by atoms with E-state index in [0.717, 1.165) is 32.1 Å². The molecule has 0 saturated heterocycles. The van der Waals surface area contributed by atoms with Crippen molar-refractivity contribution in [3.8, 4) is 0 Å². The third-order valence-corrected chi connectivity index (χ3v) is 7.23. The molecular weight excluding hydrogens is 452 g/mol.